The van der Waals surface area contributed by atoms with Crippen LogP contribution in [-0.2, 0) is 22.3 Å². The number of thiophene rings is 1. The number of nitrogens with two attached hydrogens (primary N) is 1. The second-order valence-corrected chi connectivity index (χ2v) is 11.1. The number of ether oxygens (including phenoxy) is 2. The van der Waals surface area contributed by atoms with E-state index in [9.17, 15) is 4.79 Å². The Morgan fingerprint density at radius 2 is 1.94 bits per heavy atom. The molecule has 2 N–H and O–H groups in total. The molecule has 2 aliphatic heterocycles. The molecule has 0 saturated carbocycles. The highest BCUT2D eigenvalue weighted by Crippen LogP contribution is 2.43. The first-order valence-corrected chi connectivity index (χ1v) is 13.6. The van der Waals surface area contributed by atoms with Crippen LogP contribution in [0.4, 0.5) is 10.8 Å². The average Bonchev–Trinajstić information content (AvgIpc) is 3.49. The molecule has 1 aliphatic carbocycles. The number of aromatic nitrogens is 1. The van der Waals surface area contributed by atoms with Crippen molar-refractivity contribution in [3.8, 4) is 0 Å². The van der Waals surface area contributed by atoms with Crippen molar-refractivity contribution in [2.24, 2.45) is 0 Å². The topological polar surface area (TPSA) is 84.2 Å². The smallest absolute Gasteiger partial charge is 0.256 e. The van der Waals surface area contributed by atoms with Crippen LogP contribution >= 0.6 is 11.3 Å². The highest BCUT2D eigenvalue weighted by molar-refractivity contribution is 7.16. The molecule has 2 aromatic heterocycles. The quantitative estimate of drug-likeness (QED) is 0.568. The normalized spacial score (nSPS) is 19.6. The number of rotatable bonds is 5. The lowest BCUT2D eigenvalue weighted by molar-refractivity contribution is -0.163. The Labute approximate surface area is 215 Å². The highest BCUT2D eigenvalue weighted by atomic mass is 32.1. The number of carbonyl (C=O) groups excluding carboxylic acids is 1. The van der Waals surface area contributed by atoms with Gasteiger partial charge in [0.2, 0.25) is 0 Å². The van der Waals surface area contributed by atoms with Gasteiger partial charge in [0.25, 0.3) is 5.91 Å². The van der Waals surface area contributed by atoms with Crippen LogP contribution in [0.3, 0.4) is 0 Å². The summed E-state index contributed by atoms with van der Waals surface area (Å²) in [4.78, 5) is 25.8. The minimum Gasteiger partial charge on any atom is -0.390 e. The molecule has 190 valence electrons. The molecular formula is C27H33N5O3S. The maximum absolute atomic E-state index is 13.4. The van der Waals surface area contributed by atoms with E-state index in [1.165, 1.54) is 22.1 Å². The number of piperazine rings is 1. The molecule has 0 bridgehead atoms. The first-order valence-electron chi connectivity index (χ1n) is 12.8. The first kappa shape index (κ1) is 23.7. The van der Waals surface area contributed by atoms with Crippen LogP contribution in [0.25, 0.3) is 10.8 Å². The van der Waals surface area contributed by atoms with Gasteiger partial charge in [-0.25, -0.2) is 4.98 Å². The fourth-order valence-electron chi connectivity index (χ4n) is 5.69. The summed E-state index contributed by atoms with van der Waals surface area (Å²) in [7, 11) is 1.88. The third-order valence-corrected chi connectivity index (χ3v) is 8.82. The van der Waals surface area contributed by atoms with E-state index in [2.05, 4.69) is 45.1 Å². The summed E-state index contributed by atoms with van der Waals surface area (Å²) >= 11 is 1.52. The second kappa shape index (κ2) is 9.63. The second-order valence-electron chi connectivity index (χ2n) is 9.94. The van der Waals surface area contributed by atoms with Gasteiger partial charge in [0.15, 0.2) is 5.79 Å². The predicted octanol–water partition coefficient (Wildman–Crippen LogP) is 3.00. The molecule has 2 fully saturated rings. The largest absolute Gasteiger partial charge is 0.390 e. The van der Waals surface area contributed by atoms with Crippen molar-refractivity contribution in [3.05, 3.63) is 52.5 Å². The number of fused-ring (bicyclic) bond motifs is 2. The molecule has 1 spiro atoms. The van der Waals surface area contributed by atoms with Crippen LogP contribution in [0.5, 0.6) is 0 Å². The van der Waals surface area contributed by atoms with Crippen LogP contribution in [0.15, 0.2) is 36.5 Å². The van der Waals surface area contributed by atoms with Crippen molar-refractivity contribution in [1.29, 1.82) is 0 Å². The van der Waals surface area contributed by atoms with E-state index in [0.29, 0.717) is 36.7 Å². The van der Waals surface area contributed by atoms with Gasteiger partial charge in [-0.2, -0.15) is 0 Å². The molecule has 8 nitrogen and oxygen atoms in total. The molecule has 4 heterocycles. The number of amides is 1. The number of nitrogen functional groups attached to an aromatic ring is 1. The standard InChI is InChI=1S/C27H33N5O3S/c1-30(26(33)23-21-6-8-27(34-16-17-35-27)18-22(21)36-24(23)28)10-11-31-12-14-32(15-13-31)25-20-5-3-2-4-19(20)7-9-29-25/h2-5,7,9H,6,8,10-18,28H2,1H3. The molecule has 0 unspecified atom stereocenters. The summed E-state index contributed by atoms with van der Waals surface area (Å²) < 4.78 is 11.8. The lowest BCUT2D eigenvalue weighted by atomic mass is 9.90. The Kier molecular flexibility index (Phi) is 6.33. The van der Waals surface area contributed by atoms with Crippen molar-refractivity contribution in [1.82, 2.24) is 14.8 Å². The van der Waals surface area contributed by atoms with Gasteiger partial charge in [0.05, 0.1) is 23.8 Å². The van der Waals surface area contributed by atoms with Crippen LogP contribution in [-0.4, -0.2) is 86.0 Å². The lowest BCUT2D eigenvalue weighted by Gasteiger charge is -2.36. The highest BCUT2D eigenvalue weighted by Gasteiger charge is 2.42. The predicted molar refractivity (Wildman–Crippen MR) is 143 cm³/mol. The summed E-state index contributed by atoms with van der Waals surface area (Å²) in [5, 5.41) is 3.04. The van der Waals surface area contributed by atoms with E-state index in [0.717, 1.165) is 61.8 Å². The van der Waals surface area contributed by atoms with Gasteiger partial charge in [-0.1, -0.05) is 24.3 Å². The molecule has 36 heavy (non-hydrogen) atoms. The van der Waals surface area contributed by atoms with E-state index in [-0.39, 0.29) is 5.91 Å². The molecule has 3 aromatic rings. The summed E-state index contributed by atoms with van der Waals surface area (Å²) in [5.74, 6) is 0.570. The molecule has 9 heteroatoms. The van der Waals surface area contributed by atoms with Gasteiger partial charge in [-0.3, -0.25) is 9.69 Å². The number of pyridine rings is 1. The zero-order valence-electron chi connectivity index (χ0n) is 20.7. The molecule has 0 atom stereocenters. The van der Waals surface area contributed by atoms with E-state index in [4.69, 9.17) is 15.2 Å². The Hall–Kier alpha value is -2.72. The number of benzene rings is 1. The first-order chi connectivity index (χ1) is 17.5. The van der Waals surface area contributed by atoms with E-state index < -0.39 is 5.79 Å². The van der Waals surface area contributed by atoms with Crippen molar-refractivity contribution < 1.29 is 14.3 Å². The number of likely N-dealkylation sites (N-methyl/N-ethyl adjacent to an activating group) is 1. The van der Waals surface area contributed by atoms with E-state index >= 15 is 0 Å². The molecule has 3 aliphatic rings. The average molecular weight is 508 g/mol. The Morgan fingerprint density at radius 1 is 1.17 bits per heavy atom. The maximum atomic E-state index is 13.4. The number of hydrogen-bond donors (Lipinski definition) is 1. The molecular weight excluding hydrogens is 474 g/mol. The number of hydrogen-bond acceptors (Lipinski definition) is 8. The van der Waals surface area contributed by atoms with E-state index in [1.54, 1.807) is 0 Å². The van der Waals surface area contributed by atoms with Gasteiger partial charge in [0.1, 0.15) is 5.82 Å². The van der Waals surface area contributed by atoms with Crippen molar-refractivity contribution in [3.63, 3.8) is 0 Å². The molecule has 1 aromatic carbocycles. The fourth-order valence-corrected chi connectivity index (χ4v) is 6.89. The van der Waals surface area contributed by atoms with Crippen molar-refractivity contribution >= 4 is 38.8 Å². The summed E-state index contributed by atoms with van der Waals surface area (Å²) in [6.45, 7) is 6.54. The van der Waals surface area contributed by atoms with Crippen LogP contribution in [0, 0.1) is 0 Å². The lowest BCUT2D eigenvalue weighted by Crippen LogP contribution is -2.49. The maximum Gasteiger partial charge on any atom is 0.256 e. The van der Waals surface area contributed by atoms with Gasteiger partial charge in [-0.05, 0) is 23.4 Å². The molecule has 1 amide bonds. The third kappa shape index (κ3) is 4.34. The zero-order chi connectivity index (χ0) is 24.7. The number of carbonyl (C=O) groups is 1. The summed E-state index contributed by atoms with van der Waals surface area (Å²) in [6, 6.07) is 10.5. The molecule has 0 radical (unpaired) electrons. The monoisotopic (exact) mass is 507 g/mol. The Balaban J connectivity index is 1.05. The fraction of sp³-hybridized carbons (Fsp3) is 0.481. The van der Waals surface area contributed by atoms with Crippen molar-refractivity contribution in [2.75, 3.05) is 70.2 Å². The van der Waals surface area contributed by atoms with Gasteiger partial charge in [-0.15, -0.1) is 11.3 Å². The SMILES string of the molecule is CN(CCN1CCN(c2nccc3ccccc23)CC1)C(=O)c1c(N)sc2c1CCC1(C2)OCCO1. The molecule has 6 rings (SSSR count). The van der Waals surface area contributed by atoms with E-state index in [1.807, 2.05) is 18.1 Å². The van der Waals surface area contributed by atoms with Gasteiger partial charge < -0.3 is 25.0 Å². The van der Waals surface area contributed by atoms with Crippen LogP contribution in [0.1, 0.15) is 27.2 Å². The minimum atomic E-state index is -0.514. The van der Waals surface area contributed by atoms with Gasteiger partial charge >= 0.3 is 0 Å². The van der Waals surface area contributed by atoms with Crippen molar-refractivity contribution in [2.45, 2.75) is 25.0 Å². The summed E-state index contributed by atoms with van der Waals surface area (Å²) in [6.07, 6.45) is 4.12. The number of nitrogens with zero attached hydrogens (tertiary/aromatic N) is 4. The molecule has 2 saturated heterocycles. The number of anilines is 2. The van der Waals surface area contributed by atoms with Crippen LogP contribution in [0.2, 0.25) is 0 Å². The van der Waals surface area contributed by atoms with Gasteiger partial charge in [0, 0.05) is 75.6 Å². The third-order valence-electron chi connectivity index (χ3n) is 7.75. The van der Waals surface area contributed by atoms with Crippen LogP contribution < -0.4 is 10.6 Å². The zero-order valence-corrected chi connectivity index (χ0v) is 21.6. The Morgan fingerprint density at radius 3 is 2.75 bits per heavy atom. The Bertz CT molecular complexity index is 1260. The summed E-state index contributed by atoms with van der Waals surface area (Å²) in [5.41, 5.74) is 8.15. The minimum absolute atomic E-state index is 0.0211.